The first-order valence-electron chi connectivity index (χ1n) is 7.95. The van der Waals surface area contributed by atoms with Crippen molar-refractivity contribution >= 4 is 27.8 Å². The van der Waals surface area contributed by atoms with E-state index in [0.29, 0.717) is 17.5 Å². The van der Waals surface area contributed by atoms with Crippen molar-refractivity contribution in [1.82, 2.24) is 0 Å². The van der Waals surface area contributed by atoms with Crippen LogP contribution in [0.4, 0.5) is 23.2 Å². The van der Waals surface area contributed by atoms with Gasteiger partial charge in [0.2, 0.25) is 0 Å². The van der Waals surface area contributed by atoms with E-state index >= 15 is 0 Å². The number of aryl methyl sites for hydroxylation is 1. The van der Waals surface area contributed by atoms with Crippen LogP contribution in [0, 0.1) is 18.7 Å². The largest absolute Gasteiger partial charge is 0.396 e. The number of nitrogens with zero attached hydrogens (tertiary/aromatic N) is 1. The number of halogens is 4. The van der Waals surface area contributed by atoms with Crippen LogP contribution in [0.1, 0.15) is 22.8 Å². The van der Waals surface area contributed by atoms with Gasteiger partial charge in [0.1, 0.15) is 5.82 Å². The minimum Gasteiger partial charge on any atom is -0.322 e. The molecule has 0 saturated carbocycles. The number of benzene rings is 2. The van der Waals surface area contributed by atoms with E-state index in [-0.39, 0.29) is 5.56 Å². The molecular formula is C18H16F4N2O3S. The van der Waals surface area contributed by atoms with Crippen molar-refractivity contribution in [1.29, 1.82) is 0 Å². The highest BCUT2D eigenvalue weighted by Gasteiger charge is 2.35. The monoisotopic (exact) mass is 416 g/mol. The molecule has 2 aromatic carbocycles. The second kappa shape index (κ2) is 8.09. The van der Waals surface area contributed by atoms with Crippen LogP contribution in [-0.2, 0) is 10.0 Å². The summed E-state index contributed by atoms with van der Waals surface area (Å²) in [6.45, 7) is 2.28. The summed E-state index contributed by atoms with van der Waals surface area (Å²) in [5, 5.41) is 2.49. The quantitative estimate of drug-likeness (QED) is 0.582. The number of nitrogens with one attached hydrogen (secondary N) is 1. The van der Waals surface area contributed by atoms with Crippen molar-refractivity contribution in [2.24, 2.45) is 10.3 Å². The van der Waals surface area contributed by atoms with Crippen molar-refractivity contribution in [3.8, 4) is 0 Å². The molecule has 5 nitrogen and oxygen atoms in total. The van der Waals surface area contributed by atoms with Crippen molar-refractivity contribution in [3.63, 3.8) is 0 Å². The molecule has 2 aromatic rings. The van der Waals surface area contributed by atoms with Crippen molar-refractivity contribution in [2.75, 3.05) is 5.32 Å². The second-order valence-corrected chi connectivity index (χ2v) is 7.64. The Hall–Kier alpha value is -2.75. The number of rotatable bonds is 5. The number of carbonyl (C=O) groups is 1. The summed E-state index contributed by atoms with van der Waals surface area (Å²) in [5.74, 6) is -3.16. The molecular weight excluding hydrogens is 400 g/mol. The number of alkyl halides is 3. The Kier molecular flexibility index (Phi) is 6.23. The molecule has 0 aliphatic heterocycles. The molecule has 0 heterocycles. The van der Waals surface area contributed by atoms with Gasteiger partial charge in [-0.15, -0.1) is 0 Å². The number of carbonyl (C=O) groups excluding carboxylic acids is 1. The summed E-state index contributed by atoms with van der Waals surface area (Å²) < 4.78 is 78.1. The van der Waals surface area contributed by atoms with E-state index in [2.05, 4.69) is 9.71 Å². The topological polar surface area (TPSA) is 75.6 Å². The van der Waals surface area contributed by atoms with Gasteiger partial charge >= 0.3 is 6.18 Å². The molecule has 1 N–H and O–H groups in total. The van der Waals surface area contributed by atoms with Crippen LogP contribution in [0.2, 0.25) is 0 Å². The van der Waals surface area contributed by atoms with E-state index < -0.39 is 38.7 Å². The van der Waals surface area contributed by atoms with Crippen molar-refractivity contribution < 1.29 is 30.8 Å². The lowest BCUT2D eigenvalue weighted by atomic mass is 10.2. The molecule has 10 heteroatoms. The molecule has 0 aliphatic carbocycles. The van der Waals surface area contributed by atoms with Gasteiger partial charge in [-0.2, -0.15) is 26.0 Å². The van der Waals surface area contributed by atoms with Crippen LogP contribution in [0.3, 0.4) is 0 Å². The van der Waals surface area contributed by atoms with Gasteiger partial charge in [0, 0.05) is 17.5 Å². The molecule has 0 unspecified atom stereocenters. The van der Waals surface area contributed by atoms with Crippen molar-refractivity contribution in [3.05, 3.63) is 59.4 Å². The smallest absolute Gasteiger partial charge is 0.322 e. The van der Waals surface area contributed by atoms with E-state index in [0.717, 1.165) is 19.1 Å². The van der Waals surface area contributed by atoms with Crippen LogP contribution < -0.4 is 5.32 Å². The molecule has 28 heavy (non-hydrogen) atoms. The predicted octanol–water partition coefficient (Wildman–Crippen LogP) is 4.34. The lowest BCUT2D eigenvalue weighted by Crippen LogP contribution is -2.21. The van der Waals surface area contributed by atoms with E-state index in [4.69, 9.17) is 0 Å². The zero-order valence-electron chi connectivity index (χ0n) is 14.8. The van der Waals surface area contributed by atoms with Gasteiger partial charge in [0.25, 0.3) is 15.9 Å². The van der Waals surface area contributed by atoms with Crippen LogP contribution in [-0.4, -0.2) is 26.7 Å². The fourth-order valence-corrected chi connectivity index (χ4v) is 3.03. The van der Waals surface area contributed by atoms with Crippen LogP contribution >= 0.6 is 0 Å². The maximum Gasteiger partial charge on any atom is 0.396 e. The first-order valence-corrected chi connectivity index (χ1v) is 9.39. The normalized spacial score (nSPS) is 13.5. The Bertz CT molecular complexity index is 1020. The van der Waals surface area contributed by atoms with Gasteiger partial charge in [-0.3, -0.25) is 4.79 Å². The maximum atomic E-state index is 13.3. The molecule has 1 amide bonds. The van der Waals surface area contributed by atoms with Gasteiger partial charge < -0.3 is 5.32 Å². The van der Waals surface area contributed by atoms with Gasteiger partial charge in [0.15, 0.2) is 0 Å². The molecule has 2 rings (SSSR count). The van der Waals surface area contributed by atoms with Crippen LogP contribution in [0.25, 0.3) is 0 Å². The summed E-state index contributed by atoms with van der Waals surface area (Å²) >= 11 is 0. The minimum atomic E-state index is -4.62. The third-order valence-electron chi connectivity index (χ3n) is 3.75. The molecule has 1 atom stereocenters. The zero-order valence-corrected chi connectivity index (χ0v) is 15.6. The highest BCUT2D eigenvalue weighted by atomic mass is 32.2. The molecule has 0 aliphatic rings. The highest BCUT2D eigenvalue weighted by molar-refractivity contribution is 7.90. The number of anilines is 1. The predicted molar refractivity (Wildman–Crippen MR) is 96.4 cm³/mol. The third-order valence-corrected chi connectivity index (χ3v) is 5.00. The minimum absolute atomic E-state index is 0.0536. The standard InChI is InChI=1S/C18H16F4N2O3S/c1-11-8-14(6-7-16(11)19)24-17(25)13-4-3-5-15(9-13)28(26,27)23-10-12(2)18(20,21)22/h3-10,12H,1-2H3,(H,24,25)/t12-/m1/s1. The summed E-state index contributed by atoms with van der Waals surface area (Å²) in [6, 6.07) is 8.61. The van der Waals surface area contributed by atoms with Crippen molar-refractivity contribution in [2.45, 2.75) is 24.9 Å². The molecule has 0 spiro atoms. The molecule has 0 saturated heterocycles. The van der Waals surface area contributed by atoms with E-state index in [1.54, 1.807) is 0 Å². The van der Waals surface area contributed by atoms with Gasteiger partial charge in [-0.25, -0.2) is 4.39 Å². The molecule has 0 radical (unpaired) electrons. The van der Waals surface area contributed by atoms with Crippen LogP contribution in [0.5, 0.6) is 0 Å². The third kappa shape index (κ3) is 5.38. The van der Waals surface area contributed by atoms with Gasteiger partial charge in [0.05, 0.1) is 10.8 Å². The van der Waals surface area contributed by atoms with Crippen LogP contribution in [0.15, 0.2) is 51.8 Å². The second-order valence-electron chi connectivity index (χ2n) is 6.01. The fraction of sp³-hybridized carbons (Fsp3) is 0.222. The van der Waals surface area contributed by atoms with E-state index in [9.17, 15) is 30.8 Å². The van der Waals surface area contributed by atoms with Gasteiger partial charge in [-0.1, -0.05) is 6.07 Å². The van der Waals surface area contributed by atoms with E-state index in [1.165, 1.54) is 37.3 Å². The summed E-state index contributed by atoms with van der Waals surface area (Å²) in [6.07, 6.45) is -4.32. The first kappa shape index (κ1) is 21.5. The Balaban J connectivity index is 2.24. The zero-order chi connectivity index (χ0) is 21.1. The Morgan fingerprint density at radius 3 is 2.46 bits per heavy atom. The lowest BCUT2D eigenvalue weighted by molar-refractivity contribution is -0.149. The number of sulfonamides is 1. The summed E-state index contributed by atoms with van der Waals surface area (Å²) in [4.78, 5) is 11.9. The van der Waals surface area contributed by atoms with E-state index in [1.807, 2.05) is 0 Å². The number of amides is 1. The maximum absolute atomic E-state index is 13.3. The summed E-state index contributed by atoms with van der Waals surface area (Å²) in [5.41, 5.74) is 0.554. The average Bonchev–Trinajstić information content (AvgIpc) is 2.62. The lowest BCUT2D eigenvalue weighted by Gasteiger charge is -2.10. The Morgan fingerprint density at radius 1 is 1.18 bits per heavy atom. The SMILES string of the molecule is Cc1cc(NC(=O)c2cccc(S(=O)(=O)N=C[C@@H](C)C(F)(F)F)c2)ccc1F. The average molecular weight is 416 g/mol. The molecule has 0 aromatic heterocycles. The summed E-state index contributed by atoms with van der Waals surface area (Å²) in [7, 11) is -4.42. The number of hydrogen-bond acceptors (Lipinski definition) is 3. The Morgan fingerprint density at radius 2 is 1.86 bits per heavy atom. The molecule has 0 bridgehead atoms. The number of hydrogen-bond donors (Lipinski definition) is 1. The molecule has 150 valence electrons. The Labute approximate surface area is 159 Å². The highest BCUT2D eigenvalue weighted by Crippen LogP contribution is 2.25. The fourth-order valence-electron chi connectivity index (χ4n) is 2.04. The molecule has 0 fully saturated rings. The first-order chi connectivity index (χ1) is 12.9. The van der Waals surface area contributed by atoms with Gasteiger partial charge in [-0.05, 0) is 55.8 Å².